The average molecular weight is 392 g/mol. The minimum atomic E-state index is -0.0148. The normalized spacial score (nSPS) is 14.7. The first-order chi connectivity index (χ1) is 14.3. The predicted octanol–water partition coefficient (Wildman–Crippen LogP) is 3.17. The Morgan fingerprint density at radius 2 is 1.93 bits per heavy atom. The summed E-state index contributed by atoms with van der Waals surface area (Å²) in [6.07, 6.45) is 0.879. The van der Waals surface area contributed by atoms with Crippen LogP contribution in [-0.4, -0.2) is 35.9 Å². The van der Waals surface area contributed by atoms with Crippen molar-refractivity contribution in [2.45, 2.75) is 19.6 Å². The van der Waals surface area contributed by atoms with E-state index in [2.05, 4.69) is 17.3 Å². The van der Waals surface area contributed by atoms with E-state index in [1.54, 1.807) is 6.07 Å². The van der Waals surface area contributed by atoms with Crippen LogP contribution in [0.15, 0.2) is 53.1 Å². The van der Waals surface area contributed by atoms with Crippen molar-refractivity contribution in [2.24, 2.45) is 0 Å². The van der Waals surface area contributed by atoms with Crippen LogP contribution in [0.5, 0.6) is 11.5 Å². The molecule has 3 aromatic rings. The Morgan fingerprint density at radius 1 is 1.07 bits per heavy atom. The van der Waals surface area contributed by atoms with Gasteiger partial charge in [0.2, 0.25) is 12.7 Å². The van der Waals surface area contributed by atoms with E-state index in [1.807, 2.05) is 35.2 Å². The maximum absolute atomic E-state index is 12.5. The average Bonchev–Trinajstić information content (AvgIpc) is 3.42. The van der Waals surface area contributed by atoms with Crippen molar-refractivity contribution < 1.29 is 23.5 Å². The van der Waals surface area contributed by atoms with Crippen molar-refractivity contribution in [3.63, 3.8) is 0 Å². The molecule has 0 saturated heterocycles. The summed E-state index contributed by atoms with van der Waals surface area (Å²) in [4.78, 5) is 14.3. The van der Waals surface area contributed by atoms with Gasteiger partial charge in [-0.15, -0.1) is 0 Å². The van der Waals surface area contributed by atoms with Gasteiger partial charge in [-0.2, -0.15) is 0 Å². The predicted molar refractivity (Wildman–Crippen MR) is 103 cm³/mol. The third-order valence-corrected chi connectivity index (χ3v) is 5.17. The second kappa shape index (κ2) is 7.60. The number of aromatic nitrogens is 1. The summed E-state index contributed by atoms with van der Waals surface area (Å²) in [6.45, 7) is 1.82. The van der Waals surface area contributed by atoms with E-state index in [1.165, 1.54) is 11.1 Å². The second-order valence-electron chi connectivity index (χ2n) is 7.08. The number of ether oxygens (including phenoxy) is 3. The standard InChI is InChI=1S/C22H20N2O5/c25-22(24-8-7-15-3-1-2-4-17(15)11-24)13-26-12-18-10-20(29-23-18)16-5-6-19-21(9-16)28-14-27-19/h1-6,9-10H,7-8,11-14H2. The van der Waals surface area contributed by atoms with E-state index >= 15 is 0 Å². The third kappa shape index (κ3) is 3.69. The number of fused-ring (bicyclic) bond motifs is 2. The molecule has 0 N–H and O–H groups in total. The molecule has 3 heterocycles. The molecule has 29 heavy (non-hydrogen) atoms. The Bertz CT molecular complexity index is 1050. The summed E-state index contributed by atoms with van der Waals surface area (Å²) < 4.78 is 21.7. The molecular weight excluding hydrogens is 372 g/mol. The molecule has 1 amide bonds. The molecule has 0 spiro atoms. The highest BCUT2D eigenvalue weighted by Crippen LogP contribution is 2.36. The van der Waals surface area contributed by atoms with Gasteiger partial charge in [-0.25, -0.2) is 0 Å². The summed E-state index contributed by atoms with van der Waals surface area (Å²) >= 11 is 0. The fourth-order valence-corrected chi connectivity index (χ4v) is 3.61. The lowest BCUT2D eigenvalue weighted by atomic mass is 10.00. The Hall–Kier alpha value is -3.32. The van der Waals surface area contributed by atoms with Crippen molar-refractivity contribution in [3.05, 3.63) is 65.4 Å². The van der Waals surface area contributed by atoms with Gasteiger partial charge in [0.25, 0.3) is 0 Å². The highest BCUT2D eigenvalue weighted by Gasteiger charge is 2.20. The zero-order chi connectivity index (χ0) is 19.6. The molecule has 0 atom stereocenters. The van der Waals surface area contributed by atoms with Crippen molar-refractivity contribution in [1.82, 2.24) is 10.1 Å². The summed E-state index contributed by atoms with van der Waals surface area (Å²) in [5, 5.41) is 4.03. The van der Waals surface area contributed by atoms with Crippen molar-refractivity contribution in [1.29, 1.82) is 0 Å². The number of benzene rings is 2. The van der Waals surface area contributed by atoms with Crippen LogP contribution in [0.2, 0.25) is 0 Å². The van der Waals surface area contributed by atoms with Crippen molar-refractivity contribution in [2.75, 3.05) is 19.9 Å². The Balaban J connectivity index is 1.15. The zero-order valence-electron chi connectivity index (χ0n) is 15.8. The van der Waals surface area contributed by atoms with Gasteiger partial charge in [0, 0.05) is 24.7 Å². The first kappa shape index (κ1) is 17.8. The molecule has 5 rings (SSSR count). The highest BCUT2D eigenvalue weighted by atomic mass is 16.7. The lowest BCUT2D eigenvalue weighted by Crippen LogP contribution is -2.38. The van der Waals surface area contributed by atoms with Crippen LogP contribution in [0.4, 0.5) is 0 Å². The summed E-state index contributed by atoms with van der Waals surface area (Å²) in [6, 6.07) is 15.6. The van der Waals surface area contributed by atoms with E-state index in [4.69, 9.17) is 18.7 Å². The van der Waals surface area contributed by atoms with E-state index < -0.39 is 0 Å². The van der Waals surface area contributed by atoms with Gasteiger partial charge in [-0.05, 0) is 35.7 Å². The SMILES string of the molecule is O=C(COCc1cc(-c2ccc3c(c2)OCO3)on1)N1CCc2ccccc2C1. The lowest BCUT2D eigenvalue weighted by Gasteiger charge is -2.28. The number of hydrogen-bond donors (Lipinski definition) is 0. The van der Waals surface area contributed by atoms with E-state index in [9.17, 15) is 4.79 Å². The van der Waals surface area contributed by atoms with Crippen molar-refractivity contribution >= 4 is 5.91 Å². The van der Waals surface area contributed by atoms with Gasteiger partial charge in [0.05, 0.1) is 6.61 Å². The van der Waals surface area contributed by atoms with Crippen LogP contribution >= 0.6 is 0 Å². The molecule has 0 bridgehead atoms. The third-order valence-electron chi connectivity index (χ3n) is 5.17. The fourth-order valence-electron chi connectivity index (χ4n) is 3.61. The minimum Gasteiger partial charge on any atom is -0.454 e. The first-order valence-corrected chi connectivity index (χ1v) is 9.54. The Morgan fingerprint density at radius 3 is 2.86 bits per heavy atom. The maximum Gasteiger partial charge on any atom is 0.248 e. The van der Waals surface area contributed by atoms with Gasteiger partial charge in [0.15, 0.2) is 17.3 Å². The number of carbonyl (C=O) groups is 1. The molecule has 0 radical (unpaired) electrons. The van der Waals surface area contributed by atoms with Gasteiger partial charge in [0.1, 0.15) is 12.3 Å². The van der Waals surface area contributed by atoms with Crippen LogP contribution in [0, 0.1) is 0 Å². The number of carbonyl (C=O) groups excluding carboxylic acids is 1. The number of rotatable bonds is 5. The molecule has 1 aromatic heterocycles. The first-order valence-electron chi connectivity index (χ1n) is 9.54. The summed E-state index contributed by atoms with van der Waals surface area (Å²) in [5.41, 5.74) is 4.00. The number of hydrogen-bond acceptors (Lipinski definition) is 6. The van der Waals surface area contributed by atoms with Crippen LogP contribution in [-0.2, 0) is 29.1 Å². The molecule has 148 valence electrons. The molecule has 2 aliphatic heterocycles. The summed E-state index contributed by atoms with van der Waals surface area (Å²) in [5.74, 6) is 2.00. The maximum atomic E-state index is 12.5. The van der Waals surface area contributed by atoms with E-state index in [-0.39, 0.29) is 25.9 Å². The molecule has 2 aromatic carbocycles. The van der Waals surface area contributed by atoms with Crippen LogP contribution in [0.3, 0.4) is 0 Å². The van der Waals surface area contributed by atoms with Crippen LogP contribution in [0.25, 0.3) is 11.3 Å². The zero-order valence-corrected chi connectivity index (χ0v) is 15.8. The van der Waals surface area contributed by atoms with Crippen LogP contribution < -0.4 is 9.47 Å². The van der Waals surface area contributed by atoms with Gasteiger partial charge in [-0.1, -0.05) is 29.4 Å². The molecule has 0 aliphatic carbocycles. The molecular formula is C22H20N2O5. The van der Waals surface area contributed by atoms with Crippen molar-refractivity contribution in [3.8, 4) is 22.8 Å². The quantitative estimate of drug-likeness (QED) is 0.664. The monoisotopic (exact) mass is 392 g/mol. The van der Waals surface area contributed by atoms with Gasteiger partial charge in [-0.3, -0.25) is 4.79 Å². The minimum absolute atomic E-state index is 0.0148. The molecule has 0 fully saturated rings. The molecule has 2 aliphatic rings. The molecule has 7 nitrogen and oxygen atoms in total. The number of amides is 1. The Labute approximate surface area is 167 Å². The largest absolute Gasteiger partial charge is 0.454 e. The van der Waals surface area contributed by atoms with E-state index in [0.29, 0.717) is 23.7 Å². The highest BCUT2D eigenvalue weighted by molar-refractivity contribution is 5.77. The Kier molecular flexibility index (Phi) is 4.65. The van der Waals surface area contributed by atoms with Gasteiger partial charge < -0.3 is 23.6 Å². The van der Waals surface area contributed by atoms with Gasteiger partial charge >= 0.3 is 0 Å². The molecule has 0 saturated carbocycles. The number of nitrogens with zero attached hydrogens (tertiary/aromatic N) is 2. The fraction of sp³-hybridized carbons (Fsp3) is 0.273. The molecule has 0 unspecified atom stereocenters. The lowest BCUT2D eigenvalue weighted by molar-refractivity contribution is -0.137. The molecule has 7 heteroatoms. The van der Waals surface area contributed by atoms with E-state index in [0.717, 1.165) is 24.3 Å². The van der Waals surface area contributed by atoms with Crippen LogP contribution in [0.1, 0.15) is 16.8 Å². The second-order valence-corrected chi connectivity index (χ2v) is 7.08. The summed E-state index contributed by atoms with van der Waals surface area (Å²) in [7, 11) is 0. The topological polar surface area (TPSA) is 74.0 Å². The smallest absolute Gasteiger partial charge is 0.248 e.